The summed E-state index contributed by atoms with van der Waals surface area (Å²) in [6, 6.07) is 9.23. The topological polar surface area (TPSA) is 92.4 Å². The lowest BCUT2D eigenvalue weighted by Gasteiger charge is -2.38. The van der Waals surface area contributed by atoms with Crippen LogP contribution < -0.4 is 5.32 Å². The molecule has 1 aliphatic rings. The number of nitrogens with zero attached hydrogens (tertiary/aromatic N) is 4. The molecule has 1 atom stereocenters. The van der Waals surface area contributed by atoms with Gasteiger partial charge in [0.1, 0.15) is 6.33 Å². The Morgan fingerprint density at radius 1 is 1.32 bits per heavy atom. The number of pyridine rings is 2. The maximum absolute atomic E-state index is 12.8. The smallest absolute Gasteiger partial charge is 0.255 e. The van der Waals surface area contributed by atoms with Crippen LogP contribution in [0.25, 0.3) is 5.65 Å². The molecule has 0 unspecified atom stereocenters. The molecule has 2 N–H and O–H groups in total. The van der Waals surface area contributed by atoms with Crippen LogP contribution >= 0.6 is 0 Å². The summed E-state index contributed by atoms with van der Waals surface area (Å²) in [7, 11) is 0. The number of rotatable bonds is 5. The third-order valence-corrected chi connectivity index (χ3v) is 4.76. The molecule has 1 aliphatic carbocycles. The Kier molecular flexibility index (Phi) is 4.15. The summed E-state index contributed by atoms with van der Waals surface area (Å²) in [4.78, 5) is 17.2. The number of carbonyl (C=O) groups excluding carboxylic acids is 1. The van der Waals surface area contributed by atoms with E-state index >= 15 is 0 Å². The third-order valence-electron chi connectivity index (χ3n) is 4.76. The summed E-state index contributed by atoms with van der Waals surface area (Å²) in [5.74, 6) is 0.0690. The van der Waals surface area contributed by atoms with Crippen LogP contribution in [0.2, 0.25) is 0 Å². The van der Waals surface area contributed by atoms with Crippen molar-refractivity contribution >= 4 is 11.6 Å². The van der Waals surface area contributed by atoms with Gasteiger partial charge in [-0.15, -0.1) is 10.2 Å². The first-order valence-corrected chi connectivity index (χ1v) is 8.38. The molecule has 1 amide bonds. The number of fused-ring (bicyclic) bond motifs is 1. The van der Waals surface area contributed by atoms with Gasteiger partial charge in [0.05, 0.1) is 11.7 Å². The molecular formula is C18H19N5O2. The first kappa shape index (κ1) is 15.7. The Morgan fingerprint density at radius 2 is 2.20 bits per heavy atom. The molecule has 3 aromatic heterocycles. The minimum Gasteiger partial charge on any atom is -0.393 e. The summed E-state index contributed by atoms with van der Waals surface area (Å²) in [5, 5.41) is 20.6. The van der Waals surface area contributed by atoms with E-state index in [-0.39, 0.29) is 24.0 Å². The van der Waals surface area contributed by atoms with Gasteiger partial charge in [0, 0.05) is 30.6 Å². The zero-order chi connectivity index (χ0) is 17.2. The summed E-state index contributed by atoms with van der Waals surface area (Å²) in [6.45, 7) is 0. The number of aliphatic hydroxyl groups is 1. The van der Waals surface area contributed by atoms with Crippen LogP contribution in [0.1, 0.15) is 28.9 Å². The molecule has 7 heteroatoms. The van der Waals surface area contributed by atoms with E-state index in [1.165, 1.54) is 0 Å². The van der Waals surface area contributed by atoms with Crippen LogP contribution in [-0.2, 0) is 6.42 Å². The Labute approximate surface area is 144 Å². The van der Waals surface area contributed by atoms with Gasteiger partial charge in [-0.25, -0.2) is 0 Å². The van der Waals surface area contributed by atoms with Crippen molar-refractivity contribution < 1.29 is 9.90 Å². The molecule has 3 aromatic rings. The molecule has 128 valence electrons. The SMILES string of the molecule is O=C(N[C@@H](Cc1ccccn1)C1CC(O)C1)c1cccn2cnnc12. The normalized spacial score (nSPS) is 20.8. The van der Waals surface area contributed by atoms with Crippen molar-refractivity contribution in [2.75, 3.05) is 0 Å². The van der Waals surface area contributed by atoms with Gasteiger partial charge in [-0.3, -0.25) is 14.2 Å². The Hall–Kier alpha value is -2.80. The predicted molar refractivity (Wildman–Crippen MR) is 90.9 cm³/mol. The van der Waals surface area contributed by atoms with Crippen molar-refractivity contribution in [3.8, 4) is 0 Å². The average Bonchev–Trinajstić information content (AvgIpc) is 3.08. The predicted octanol–water partition coefficient (Wildman–Crippen LogP) is 1.24. The van der Waals surface area contributed by atoms with Gasteiger partial charge >= 0.3 is 0 Å². The zero-order valence-electron chi connectivity index (χ0n) is 13.6. The number of carbonyl (C=O) groups is 1. The molecule has 7 nitrogen and oxygen atoms in total. The molecule has 1 fully saturated rings. The maximum Gasteiger partial charge on any atom is 0.255 e. The third kappa shape index (κ3) is 3.23. The van der Waals surface area contributed by atoms with Crippen LogP contribution in [0, 0.1) is 5.92 Å². The molecule has 25 heavy (non-hydrogen) atoms. The zero-order valence-corrected chi connectivity index (χ0v) is 13.6. The lowest BCUT2D eigenvalue weighted by Crippen LogP contribution is -2.48. The standard InChI is InChI=1S/C18H19N5O2/c24-14-8-12(9-14)16(10-13-4-1-2-6-19-13)21-18(25)15-5-3-7-23-11-20-22-17(15)23/h1-7,11-12,14,16,24H,8-10H2,(H,21,25)/t12?,14?,16-/m0/s1. The number of hydrogen-bond donors (Lipinski definition) is 2. The molecule has 0 radical (unpaired) electrons. The van der Waals surface area contributed by atoms with E-state index in [1.54, 1.807) is 35.3 Å². The molecule has 0 saturated heterocycles. The number of aliphatic hydroxyl groups excluding tert-OH is 1. The summed E-state index contributed by atoms with van der Waals surface area (Å²) < 4.78 is 1.72. The van der Waals surface area contributed by atoms with E-state index < -0.39 is 0 Å². The van der Waals surface area contributed by atoms with Crippen LogP contribution in [0.15, 0.2) is 49.1 Å². The minimum absolute atomic E-state index is 0.0750. The maximum atomic E-state index is 12.8. The van der Waals surface area contributed by atoms with Gasteiger partial charge < -0.3 is 10.4 Å². The quantitative estimate of drug-likeness (QED) is 0.731. The Morgan fingerprint density at radius 3 is 2.96 bits per heavy atom. The van der Waals surface area contributed by atoms with Gasteiger partial charge in [-0.2, -0.15) is 0 Å². The molecule has 0 aromatic carbocycles. The lowest BCUT2D eigenvalue weighted by molar-refractivity contribution is 0.0238. The lowest BCUT2D eigenvalue weighted by atomic mass is 9.76. The van der Waals surface area contributed by atoms with Crippen molar-refractivity contribution in [2.45, 2.75) is 31.4 Å². The molecule has 0 aliphatic heterocycles. The Balaban J connectivity index is 1.55. The summed E-state index contributed by atoms with van der Waals surface area (Å²) in [5.41, 5.74) is 1.95. The number of aromatic nitrogens is 4. The van der Waals surface area contributed by atoms with Gasteiger partial charge in [-0.1, -0.05) is 6.07 Å². The average molecular weight is 337 g/mol. The van der Waals surface area contributed by atoms with E-state index in [4.69, 9.17) is 0 Å². The van der Waals surface area contributed by atoms with E-state index in [0.717, 1.165) is 5.69 Å². The number of hydrogen-bond acceptors (Lipinski definition) is 5. The van der Waals surface area contributed by atoms with Gasteiger partial charge in [0.15, 0.2) is 5.65 Å². The number of nitrogens with one attached hydrogen (secondary N) is 1. The molecule has 4 rings (SSSR count). The highest BCUT2D eigenvalue weighted by molar-refractivity contribution is 5.99. The minimum atomic E-state index is -0.270. The van der Waals surface area contributed by atoms with Crippen molar-refractivity contribution in [3.05, 3.63) is 60.3 Å². The first-order valence-electron chi connectivity index (χ1n) is 8.38. The first-order chi connectivity index (χ1) is 12.2. The molecule has 1 saturated carbocycles. The van der Waals surface area contributed by atoms with Crippen molar-refractivity contribution in [2.24, 2.45) is 5.92 Å². The second-order valence-corrected chi connectivity index (χ2v) is 6.47. The fourth-order valence-corrected chi connectivity index (χ4v) is 3.31. The molecule has 0 spiro atoms. The van der Waals surface area contributed by atoms with Gasteiger partial charge in [-0.05, 0) is 43.0 Å². The van der Waals surface area contributed by atoms with Crippen molar-refractivity contribution in [1.29, 1.82) is 0 Å². The fourth-order valence-electron chi connectivity index (χ4n) is 3.31. The van der Waals surface area contributed by atoms with Crippen LogP contribution in [0.5, 0.6) is 0 Å². The van der Waals surface area contributed by atoms with Crippen LogP contribution in [-0.4, -0.2) is 42.7 Å². The molecular weight excluding hydrogens is 318 g/mol. The summed E-state index contributed by atoms with van der Waals surface area (Å²) >= 11 is 0. The summed E-state index contributed by atoms with van der Waals surface area (Å²) in [6.07, 6.45) is 6.90. The van der Waals surface area contributed by atoms with E-state index in [0.29, 0.717) is 30.5 Å². The van der Waals surface area contributed by atoms with Gasteiger partial charge in [0.25, 0.3) is 5.91 Å². The Bertz CT molecular complexity index is 873. The van der Waals surface area contributed by atoms with Crippen molar-refractivity contribution in [3.63, 3.8) is 0 Å². The fraction of sp³-hybridized carbons (Fsp3) is 0.333. The highest BCUT2D eigenvalue weighted by atomic mass is 16.3. The van der Waals surface area contributed by atoms with Crippen molar-refractivity contribution in [1.82, 2.24) is 24.9 Å². The molecule has 3 heterocycles. The van der Waals surface area contributed by atoms with Crippen LogP contribution in [0.3, 0.4) is 0 Å². The van der Waals surface area contributed by atoms with E-state index in [9.17, 15) is 9.90 Å². The highest BCUT2D eigenvalue weighted by Gasteiger charge is 2.35. The second-order valence-electron chi connectivity index (χ2n) is 6.47. The monoisotopic (exact) mass is 337 g/mol. The highest BCUT2D eigenvalue weighted by Crippen LogP contribution is 2.31. The second kappa shape index (κ2) is 6.60. The van der Waals surface area contributed by atoms with E-state index in [1.807, 2.05) is 18.2 Å². The van der Waals surface area contributed by atoms with Crippen LogP contribution in [0.4, 0.5) is 0 Å². The largest absolute Gasteiger partial charge is 0.393 e. The number of amides is 1. The van der Waals surface area contributed by atoms with Gasteiger partial charge in [0.2, 0.25) is 0 Å². The van der Waals surface area contributed by atoms with E-state index in [2.05, 4.69) is 20.5 Å². The molecule has 0 bridgehead atoms.